The molecule has 1 aliphatic heterocycles. The van der Waals surface area contributed by atoms with E-state index in [1.165, 1.54) is 24.4 Å². The number of nitrogens with one attached hydrogen (secondary N) is 1. The van der Waals surface area contributed by atoms with Crippen molar-refractivity contribution in [3.63, 3.8) is 0 Å². The minimum Gasteiger partial charge on any atom is -0.362 e. The van der Waals surface area contributed by atoms with Crippen LogP contribution < -0.4 is 5.32 Å². The molecule has 1 unspecified atom stereocenters. The molecule has 1 aliphatic carbocycles. The molecule has 2 nitrogen and oxygen atoms in total. The molecule has 13 heavy (non-hydrogen) atoms. The highest BCUT2D eigenvalue weighted by Gasteiger charge is 2.28. The number of amidine groups is 1. The minimum atomic E-state index is 0.719. The molecule has 1 N–H and O–H groups in total. The first-order chi connectivity index (χ1) is 6.28. The highest BCUT2D eigenvalue weighted by molar-refractivity contribution is 8.14. The summed E-state index contributed by atoms with van der Waals surface area (Å²) in [6, 6.07) is 0.719. The lowest BCUT2D eigenvalue weighted by Crippen LogP contribution is -2.42. The van der Waals surface area contributed by atoms with E-state index in [0.717, 1.165) is 23.8 Å². The first-order valence-corrected chi connectivity index (χ1v) is 6.13. The molecule has 0 amide bonds. The van der Waals surface area contributed by atoms with Crippen molar-refractivity contribution < 1.29 is 0 Å². The highest BCUT2D eigenvalue weighted by Crippen LogP contribution is 2.29. The lowest BCUT2D eigenvalue weighted by Gasteiger charge is -2.33. The lowest BCUT2D eigenvalue weighted by molar-refractivity contribution is 0.269. The monoisotopic (exact) mass is 198 g/mol. The molecular formula is C10H18N2S. The van der Waals surface area contributed by atoms with Crippen LogP contribution in [-0.4, -0.2) is 23.0 Å². The highest BCUT2D eigenvalue weighted by atomic mass is 32.2. The molecule has 0 radical (unpaired) electrons. The van der Waals surface area contributed by atoms with Gasteiger partial charge in [0.25, 0.3) is 0 Å². The molecule has 74 valence electrons. The minimum absolute atomic E-state index is 0.719. The Hall–Kier alpha value is -0.180. The fourth-order valence-corrected chi connectivity index (χ4v) is 2.92. The van der Waals surface area contributed by atoms with Crippen molar-refractivity contribution in [2.75, 3.05) is 6.54 Å². The molecule has 0 aromatic rings. The van der Waals surface area contributed by atoms with Crippen LogP contribution in [0.5, 0.6) is 0 Å². The second kappa shape index (κ2) is 3.91. The van der Waals surface area contributed by atoms with Crippen LogP contribution in [0.1, 0.15) is 33.1 Å². The van der Waals surface area contributed by atoms with E-state index in [0.29, 0.717) is 0 Å². The molecule has 0 aromatic carbocycles. The van der Waals surface area contributed by atoms with Gasteiger partial charge in [0.05, 0.1) is 6.54 Å². The molecule has 0 aromatic heterocycles. The Labute approximate surface area is 84.6 Å². The average molecular weight is 198 g/mol. The van der Waals surface area contributed by atoms with Crippen molar-refractivity contribution >= 4 is 16.9 Å². The zero-order valence-electron chi connectivity index (χ0n) is 8.42. The Balaban J connectivity index is 1.72. The summed E-state index contributed by atoms with van der Waals surface area (Å²) in [4.78, 5) is 4.50. The molecule has 1 saturated carbocycles. The molecule has 1 heterocycles. The molecule has 0 bridgehead atoms. The van der Waals surface area contributed by atoms with Gasteiger partial charge in [-0.1, -0.05) is 25.6 Å². The summed E-state index contributed by atoms with van der Waals surface area (Å²) in [6.45, 7) is 5.57. The van der Waals surface area contributed by atoms with E-state index in [1.807, 2.05) is 11.8 Å². The first kappa shape index (κ1) is 9.38. The Morgan fingerprint density at radius 1 is 1.54 bits per heavy atom. The van der Waals surface area contributed by atoms with Crippen LogP contribution in [0, 0.1) is 5.92 Å². The fourth-order valence-electron chi connectivity index (χ4n) is 1.90. The van der Waals surface area contributed by atoms with Crippen molar-refractivity contribution in [1.82, 2.24) is 5.32 Å². The number of nitrogens with zero attached hydrogens (tertiary/aromatic N) is 1. The molecule has 2 aliphatic rings. The molecule has 0 saturated heterocycles. The number of aliphatic imine (C=N–C) groups is 1. The normalized spacial score (nSPS) is 38.3. The maximum absolute atomic E-state index is 4.50. The van der Waals surface area contributed by atoms with Crippen molar-refractivity contribution in [3.05, 3.63) is 0 Å². The van der Waals surface area contributed by atoms with Gasteiger partial charge in [-0.25, -0.2) is 0 Å². The lowest BCUT2D eigenvalue weighted by atomic mass is 9.82. The molecule has 3 heteroatoms. The van der Waals surface area contributed by atoms with E-state index in [9.17, 15) is 0 Å². The predicted octanol–water partition coefficient (Wildman–Crippen LogP) is 2.26. The van der Waals surface area contributed by atoms with Crippen molar-refractivity contribution in [2.45, 2.75) is 44.4 Å². The van der Waals surface area contributed by atoms with Gasteiger partial charge in [0.1, 0.15) is 0 Å². The van der Waals surface area contributed by atoms with Crippen LogP contribution in [0.2, 0.25) is 0 Å². The maximum atomic E-state index is 4.50. The van der Waals surface area contributed by atoms with E-state index in [4.69, 9.17) is 0 Å². The third-order valence-corrected chi connectivity index (χ3v) is 4.16. The maximum Gasteiger partial charge on any atom is 0.157 e. The van der Waals surface area contributed by atoms with E-state index < -0.39 is 0 Å². The van der Waals surface area contributed by atoms with Crippen molar-refractivity contribution in [3.8, 4) is 0 Å². The Morgan fingerprint density at radius 3 is 2.85 bits per heavy atom. The average Bonchev–Trinajstić information content (AvgIpc) is 2.50. The molecule has 1 fully saturated rings. The molecule has 2 rings (SSSR count). The van der Waals surface area contributed by atoms with Gasteiger partial charge in [-0.05, 0) is 25.2 Å². The Bertz CT molecular complexity index is 209. The van der Waals surface area contributed by atoms with Crippen LogP contribution in [-0.2, 0) is 0 Å². The van der Waals surface area contributed by atoms with Gasteiger partial charge < -0.3 is 5.32 Å². The SMILES string of the molecule is CCC1CN=C(NC2CC(C)C2)S1. The van der Waals surface area contributed by atoms with Crippen molar-refractivity contribution in [1.29, 1.82) is 0 Å². The van der Waals surface area contributed by atoms with Gasteiger partial charge in [-0.2, -0.15) is 0 Å². The number of hydrogen-bond donors (Lipinski definition) is 1. The van der Waals surface area contributed by atoms with E-state index in [-0.39, 0.29) is 0 Å². The molecular weight excluding hydrogens is 180 g/mol. The van der Waals surface area contributed by atoms with Crippen LogP contribution in [0.3, 0.4) is 0 Å². The third-order valence-electron chi connectivity index (χ3n) is 2.87. The summed E-state index contributed by atoms with van der Waals surface area (Å²) in [5.74, 6) is 0.923. The smallest absolute Gasteiger partial charge is 0.157 e. The predicted molar refractivity (Wildman–Crippen MR) is 59.3 cm³/mol. The number of thioether (sulfide) groups is 1. The van der Waals surface area contributed by atoms with E-state index in [2.05, 4.69) is 24.2 Å². The van der Waals surface area contributed by atoms with E-state index >= 15 is 0 Å². The molecule has 1 atom stereocenters. The summed E-state index contributed by atoms with van der Waals surface area (Å²) in [5.41, 5.74) is 0. The second-order valence-corrected chi connectivity index (χ2v) is 5.50. The Kier molecular flexibility index (Phi) is 2.82. The number of hydrogen-bond acceptors (Lipinski definition) is 3. The third kappa shape index (κ3) is 2.19. The molecule has 0 spiro atoms. The Morgan fingerprint density at radius 2 is 2.31 bits per heavy atom. The zero-order valence-corrected chi connectivity index (χ0v) is 9.23. The summed E-state index contributed by atoms with van der Waals surface area (Å²) in [5, 5.41) is 5.46. The van der Waals surface area contributed by atoms with Crippen molar-refractivity contribution in [2.24, 2.45) is 10.9 Å². The summed E-state index contributed by atoms with van der Waals surface area (Å²) in [7, 11) is 0. The van der Waals surface area contributed by atoms with Gasteiger partial charge in [0, 0.05) is 11.3 Å². The second-order valence-electron chi connectivity index (χ2n) is 4.21. The van der Waals surface area contributed by atoms with Gasteiger partial charge in [-0.3, -0.25) is 4.99 Å². The topological polar surface area (TPSA) is 24.4 Å². The zero-order chi connectivity index (χ0) is 9.26. The van der Waals surface area contributed by atoms with Gasteiger partial charge in [-0.15, -0.1) is 0 Å². The fraction of sp³-hybridized carbons (Fsp3) is 0.900. The largest absolute Gasteiger partial charge is 0.362 e. The summed E-state index contributed by atoms with van der Waals surface area (Å²) < 4.78 is 0. The van der Waals surface area contributed by atoms with Crippen LogP contribution >= 0.6 is 11.8 Å². The quantitative estimate of drug-likeness (QED) is 0.736. The van der Waals surface area contributed by atoms with Crippen LogP contribution in [0.15, 0.2) is 4.99 Å². The standard InChI is InChI=1S/C10H18N2S/c1-3-9-6-11-10(13-9)12-8-4-7(2)5-8/h7-9H,3-6H2,1-2H3,(H,11,12). The number of rotatable bonds is 2. The van der Waals surface area contributed by atoms with Crippen LogP contribution in [0.4, 0.5) is 0 Å². The van der Waals surface area contributed by atoms with Crippen LogP contribution in [0.25, 0.3) is 0 Å². The first-order valence-electron chi connectivity index (χ1n) is 5.25. The van der Waals surface area contributed by atoms with Gasteiger partial charge in [0.2, 0.25) is 0 Å². The summed E-state index contributed by atoms with van der Waals surface area (Å²) in [6.07, 6.45) is 3.90. The van der Waals surface area contributed by atoms with E-state index in [1.54, 1.807) is 0 Å². The van der Waals surface area contributed by atoms with Gasteiger partial charge >= 0.3 is 0 Å². The summed E-state index contributed by atoms with van der Waals surface area (Å²) >= 11 is 1.93. The van der Waals surface area contributed by atoms with Gasteiger partial charge in [0.15, 0.2) is 5.17 Å².